The molecular weight excluding hydrogens is 295 g/mol. The van der Waals surface area contributed by atoms with E-state index in [1.165, 1.54) is 0 Å². The Labute approximate surface area is 126 Å². The predicted octanol–water partition coefficient (Wildman–Crippen LogP) is 4.61. The standard InChI is InChI=1S/C15H10Cl2N2O/c1-20-12-8-3-2-5-9(12)15-18-13-10(14(17)19-15)6-4-7-11(13)16/h2-8H,1H3. The molecule has 3 nitrogen and oxygen atoms in total. The van der Waals surface area contributed by atoms with Gasteiger partial charge in [-0.05, 0) is 24.3 Å². The van der Waals surface area contributed by atoms with Gasteiger partial charge >= 0.3 is 0 Å². The van der Waals surface area contributed by atoms with Crippen LogP contribution < -0.4 is 4.74 Å². The molecule has 0 radical (unpaired) electrons. The highest BCUT2D eigenvalue weighted by atomic mass is 35.5. The first-order valence-electron chi connectivity index (χ1n) is 5.96. The third kappa shape index (κ3) is 2.19. The molecule has 0 aliphatic rings. The topological polar surface area (TPSA) is 35.0 Å². The molecule has 0 spiro atoms. The highest BCUT2D eigenvalue weighted by Crippen LogP contribution is 2.32. The molecule has 0 amide bonds. The van der Waals surface area contributed by atoms with E-state index in [0.29, 0.717) is 27.3 Å². The first-order chi connectivity index (χ1) is 9.70. The fraction of sp³-hybridized carbons (Fsp3) is 0.0667. The van der Waals surface area contributed by atoms with Gasteiger partial charge in [0.2, 0.25) is 0 Å². The van der Waals surface area contributed by atoms with E-state index in [1.54, 1.807) is 13.2 Å². The number of halogens is 2. The van der Waals surface area contributed by atoms with Crippen LogP contribution in [-0.4, -0.2) is 17.1 Å². The van der Waals surface area contributed by atoms with Crippen LogP contribution >= 0.6 is 23.2 Å². The molecule has 1 aromatic heterocycles. The van der Waals surface area contributed by atoms with Gasteiger partial charge in [-0.2, -0.15) is 0 Å². The highest BCUT2D eigenvalue weighted by Gasteiger charge is 2.13. The van der Waals surface area contributed by atoms with Crippen LogP contribution in [0, 0.1) is 0 Å². The molecule has 0 atom stereocenters. The van der Waals surface area contributed by atoms with E-state index < -0.39 is 0 Å². The van der Waals surface area contributed by atoms with Crippen molar-refractivity contribution in [2.45, 2.75) is 0 Å². The lowest BCUT2D eigenvalue weighted by Crippen LogP contribution is -1.95. The van der Waals surface area contributed by atoms with Gasteiger partial charge in [-0.15, -0.1) is 0 Å². The molecule has 3 rings (SSSR count). The molecule has 3 aromatic rings. The zero-order chi connectivity index (χ0) is 14.1. The summed E-state index contributed by atoms with van der Waals surface area (Å²) < 4.78 is 5.33. The first kappa shape index (κ1) is 13.2. The molecule has 0 aliphatic carbocycles. The zero-order valence-corrected chi connectivity index (χ0v) is 12.1. The molecule has 0 saturated heterocycles. The van der Waals surface area contributed by atoms with Crippen LogP contribution in [0.5, 0.6) is 5.75 Å². The molecule has 0 fully saturated rings. The van der Waals surface area contributed by atoms with Crippen LogP contribution in [0.25, 0.3) is 22.3 Å². The van der Waals surface area contributed by atoms with E-state index in [2.05, 4.69) is 9.97 Å². The minimum absolute atomic E-state index is 0.374. The largest absolute Gasteiger partial charge is 0.496 e. The highest BCUT2D eigenvalue weighted by molar-refractivity contribution is 6.38. The summed E-state index contributed by atoms with van der Waals surface area (Å²) in [5.41, 5.74) is 1.41. The van der Waals surface area contributed by atoms with E-state index >= 15 is 0 Å². The second-order valence-electron chi connectivity index (χ2n) is 4.17. The van der Waals surface area contributed by atoms with Crippen LogP contribution in [0.2, 0.25) is 10.2 Å². The number of ether oxygens (including phenoxy) is 1. The minimum atomic E-state index is 0.374. The monoisotopic (exact) mass is 304 g/mol. The maximum absolute atomic E-state index is 6.23. The van der Waals surface area contributed by atoms with Gasteiger partial charge in [0.05, 0.1) is 23.2 Å². The lowest BCUT2D eigenvalue weighted by molar-refractivity contribution is 0.416. The Bertz CT molecular complexity index is 790. The maximum Gasteiger partial charge on any atom is 0.165 e. The molecule has 0 bridgehead atoms. The van der Waals surface area contributed by atoms with Crippen molar-refractivity contribution in [2.75, 3.05) is 7.11 Å². The minimum Gasteiger partial charge on any atom is -0.496 e. The SMILES string of the molecule is COc1ccccc1-c1nc(Cl)c2cccc(Cl)c2n1. The van der Waals surface area contributed by atoms with Gasteiger partial charge in [0, 0.05) is 5.39 Å². The van der Waals surface area contributed by atoms with Crippen molar-refractivity contribution in [2.24, 2.45) is 0 Å². The number of nitrogens with zero attached hydrogens (tertiary/aromatic N) is 2. The van der Waals surface area contributed by atoms with Crippen LogP contribution in [0.1, 0.15) is 0 Å². The summed E-state index contributed by atoms with van der Waals surface area (Å²) in [6.45, 7) is 0. The van der Waals surface area contributed by atoms with Crippen molar-refractivity contribution in [1.82, 2.24) is 9.97 Å². The molecular formula is C15H10Cl2N2O. The Kier molecular flexibility index (Phi) is 3.47. The van der Waals surface area contributed by atoms with Gasteiger partial charge in [-0.25, -0.2) is 9.97 Å². The molecule has 2 aromatic carbocycles. The average Bonchev–Trinajstić information content (AvgIpc) is 2.48. The van der Waals surface area contributed by atoms with Crippen molar-refractivity contribution in [3.63, 3.8) is 0 Å². The smallest absolute Gasteiger partial charge is 0.165 e. The van der Waals surface area contributed by atoms with Gasteiger partial charge in [0.1, 0.15) is 10.9 Å². The van der Waals surface area contributed by atoms with Gasteiger partial charge in [-0.3, -0.25) is 0 Å². The van der Waals surface area contributed by atoms with E-state index in [0.717, 1.165) is 10.9 Å². The quantitative estimate of drug-likeness (QED) is 0.648. The molecule has 0 N–H and O–H groups in total. The Hall–Kier alpha value is -1.84. The normalized spacial score (nSPS) is 10.8. The van der Waals surface area contributed by atoms with E-state index in [1.807, 2.05) is 36.4 Å². The Morgan fingerprint density at radius 3 is 2.55 bits per heavy atom. The molecule has 5 heteroatoms. The number of benzene rings is 2. The first-order valence-corrected chi connectivity index (χ1v) is 6.71. The van der Waals surface area contributed by atoms with Crippen molar-refractivity contribution in [3.8, 4) is 17.1 Å². The summed E-state index contributed by atoms with van der Waals surface area (Å²) in [6, 6.07) is 13.0. The number of aromatic nitrogens is 2. The summed E-state index contributed by atoms with van der Waals surface area (Å²) in [5, 5.41) is 1.65. The number of fused-ring (bicyclic) bond motifs is 1. The number of para-hydroxylation sites is 2. The van der Waals surface area contributed by atoms with Crippen molar-refractivity contribution in [3.05, 3.63) is 52.6 Å². The molecule has 0 saturated carbocycles. The molecule has 0 aliphatic heterocycles. The van der Waals surface area contributed by atoms with E-state index in [4.69, 9.17) is 27.9 Å². The van der Waals surface area contributed by atoms with Crippen LogP contribution in [0.3, 0.4) is 0 Å². The second kappa shape index (κ2) is 5.27. The fourth-order valence-corrected chi connectivity index (χ4v) is 2.48. The Balaban J connectivity index is 2.30. The number of methoxy groups -OCH3 is 1. The van der Waals surface area contributed by atoms with Crippen molar-refractivity contribution in [1.29, 1.82) is 0 Å². The Morgan fingerprint density at radius 2 is 1.75 bits per heavy atom. The number of hydrogen-bond acceptors (Lipinski definition) is 3. The lowest BCUT2D eigenvalue weighted by atomic mass is 10.1. The molecule has 100 valence electrons. The zero-order valence-electron chi connectivity index (χ0n) is 10.6. The molecule has 0 unspecified atom stereocenters. The molecule has 1 heterocycles. The second-order valence-corrected chi connectivity index (χ2v) is 4.94. The van der Waals surface area contributed by atoms with Crippen molar-refractivity contribution >= 4 is 34.1 Å². The predicted molar refractivity (Wildman–Crippen MR) is 81.5 cm³/mol. The number of hydrogen-bond donors (Lipinski definition) is 0. The summed E-state index contributed by atoms with van der Waals surface area (Å²) in [6.07, 6.45) is 0. The third-order valence-electron chi connectivity index (χ3n) is 2.98. The van der Waals surface area contributed by atoms with Crippen LogP contribution in [0.4, 0.5) is 0 Å². The van der Waals surface area contributed by atoms with Gasteiger partial charge in [-0.1, -0.05) is 41.4 Å². The van der Waals surface area contributed by atoms with Crippen LogP contribution in [-0.2, 0) is 0 Å². The number of rotatable bonds is 2. The third-order valence-corrected chi connectivity index (χ3v) is 3.57. The summed E-state index contributed by atoms with van der Waals surface area (Å²) in [7, 11) is 1.61. The van der Waals surface area contributed by atoms with Crippen molar-refractivity contribution < 1.29 is 4.74 Å². The van der Waals surface area contributed by atoms with Gasteiger partial charge in [0.15, 0.2) is 5.82 Å². The average molecular weight is 305 g/mol. The van der Waals surface area contributed by atoms with Gasteiger partial charge in [0.25, 0.3) is 0 Å². The fourth-order valence-electron chi connectivity index (χ4n) is 2.03. The maximum atomic E-state index is 6.23. The van der Waals surface area contributed by atoms with Gasteiger partial charge < -0.3 is 4.74 Å². The lowest BCUT2D eigenvalue weighted by Gasteiger charge is -2.09. The van der Waals surface area contributed by atoms with E-state index in [-0.39, 0.29) is 0 Å². The van der Waals surface area contributed by atoms with Crippen LogP contribution in [0.15, 0.2) is 42.5 Å². The summed E-state index contributed by atoms with van der Waals surface area (Å²) in [4.78, 5) is 8.84. The Morgan fingerprint density at radius 1 is 0.950 bits per heavy atom. The summed E-state index contributed by atoms with van der Waals surface area (Å²) >= 11 is 12.4. The molecule has 20 heavy (non-hydrogen) atoms. The van der Waals surface area contributed by atoms with E-state index in [9.17, 15) is 0 Å². The summed E-state index contributed by atoms with van der Waals surface area (Å²) in [5.74, 6) is 1.18.